The summed E-state index contributed by atoms with van der Waals surface area (Å²) in [6.45, 7) is 12.9. The van der Waals surface area contributed by atoms with Gasteiger partial charge >= 0.3 is 0 Å². The van der Waals surface area contributed by atoms with Crippen molar-refractivity contribution in [3.05, 3.63) is 47.5 Å². The molecule has 0 bridgehead atoms. The number of hydrogen-bond acceptors (Lipinski definition) is 5. The van der Waals surface area contributed by atoms with Gasteiger partial charge in [-0.25, -0.2) is 0 Å². The van der Waals surface area contributed by atoms with Crippen molar-refractivity contribution in [1.29, 1.82) is 0 Å². The van der Waals surface area contributed by atoms with Crippen LogP contribution in [-0.2, 0) is 0 Å². The molecule has 0 aliphatic carbocycles. The average molecular weight is 480 g/mol. The van der Waals surface area contributed by atoms with Crippen LogP contribution in [0.25, 0.3) is 11.1 Å². The molecule has 0 spiro atoms. The van der Waals surface area contributed by atoms with Gasteiger partial charge in [0.25, 0.3) is 0 Å². The van der Waals surface area contributed by atoms with Gasteiger partial charge in [-0.05, 0) is 127 Å². The van der Waals surface area contributed by atoms with Gasteiger partial charge in [0.15, 0.2) is 0 Å². The van der Waals surface area contributed by atoms with E-state index >= 15 is 0 Å². The second-order valence-electron chi connectivity index (χ2n) is 10.3. The van der Waals surface area contributed by atoms with Gasteiger partial charge in [-0.2, -0.15) is 0 Å². The Balaban J connectivity index is 1.28. The maximum Gasteiger partial charge on any atom is 0.122 e. The van der Waals surface area contributed by atoms with E-state index in [-0.39, 0.29) is 0 Å². The molecule has 0 radical (unpaired) electrons. The van der Waals surface area contributed by atoms with E-state index in [9.17, 15) is 0 Å². The first-order valence-corrected chi connectivity index (χ1v) is 13.7. The molecule has 0 amide bonds. The normalized spacial score (nSPS) is 17.7. The van der Waals surface area contributed by atoms with Crippen LogP contribution in [0.2, 0.25) is 0 Å². The first-order valence-electron chi connectivity index (χ1n) is 13.7. The number of benzene rings is 2. The predicted molar refractivity (Wildman–Crippen MR) is 146 cm³/mol. The Morgan fingerprint density at radius 2 is 1.37 bits per heavy atom. The SMILES string of the molecule is Cc1c(OCCCNC2CCN(C)CC2)cccc1-c1cccc(OCCCN2CCCC2)c1C. The second kappa shape index (κ2) is 13.3. The molecule has 0 saturated carbocycles. The van der Waals surface area contributed by atoms with E-state index in [0.29, 0.717) is 6.04 Å². The summed E-state index contributed by atoms with van der Waals surface area (Å²) in [6.07, 6.45) is 7.30. The largest absolute Gasteiger partial charge is 0.493 e. The highest BCUT2D eigenvalue weighted by Crippen LogP contribution is 2.35. The van der Waals surface area contributed by atoms with Crippen molar-refractivity contribution in [2.24, 2.45) is 0 Å². The lowest BCUT2D eigenvalue weighted by Gasteiger charge is -2.29. The number of hydrogen-bond donors (Lipinski definition) is 1. The molecule has 5 heteroatoms. The fourth-order valence-electron chi connectivity index (χ4n) is 5.37. The zero-order chi connectivity index (χ0) is 24.5. The molecule has 192 valence electrons. The zero-order valence-electron chi connectivity index (χ0n) is 22.2. The minimum Gasteiger partial charge on any atom is -0.493 e. The number of nitrogens with one attached hydrogen (secondary N) is 1. The van der Waals surface area contributed by atoms with Gasteiger partial charge in [-0.1, -0.05) is 24.3 Å². The molecule has 1 N–H and O–H groups in total. The Bertz CT molecular complexity index is 918. The van der Waals surface area contributed by atoms with Gasteiger partial charge in [-0.15, -0.1) is 0 Å². The van der Waals surface area contributed by atoms with Crippen molar-refractivity contribution in [3.8, 4) is 22.6 Å². The molecular formula is C30H45N3O2. The third-order valence-electron chi connectivity index (χ3n) is 7.66. The first-order chi connectivity index (χ1) is 17.1. The fourth-order valence-corrected chi connectivity index (χ4v) is 5.37. The van der Waals surface area contributed by atoms with Crippen molar-refractivity contribution >= 4 is 0 Å². The van der Waals surface area contributed by atoms with Crippen molar-refractivity contribution in [3.63, 3.8) is 0 Å². The molecule has 0 unspecified atom stereocenters. The van der Waals surface area contributed by atoms with E-state index in [1.807, 2.05) is 0 Å². The van der Waals surface area contributed by atoms with Crippen LogP contribution >= 0.6 is 0 Å². The molecule has 2 aromatic carbocycles. The Hall–Kier alpha value is -2.08. The van der Waals surface area contributed by atoms with Crippen LogP contribution in [0.1, 0.15) is 49.7 Å². The van der Waals surface area contributed by atoms with Gasteiger partial charge in [0.1, 0.15) is 11.5 Å². The van der Waals surface area contributed by atoms with Crippen LogP contribution in [-0.4, -0.2) is 75.4 Å². The van der Waals surface area contributed by atoms with Crippen molar-refractivity contribution < 1.29 is 9.47 Å². The van der Waals surface area contributed by atoms with Gasteiger partial charge in [-0.3, -0.25) is 0 Å². The fraction of sp³-hybridized carbons (Fsp3) is 0.600. The molecule has 2 aromatic rings. The van der Waals surface area contributed by atoms with Crippen LogP contribution in [0.4, 0.5) is 0 Å². The monoisotopic (exact) mass is 479 g/mol. The molecule has 5 nitrogen and oxygen atoms in total. The molecule has 4 rings (SSSR count). The molecule has 0 atom stereocenters. The summed E-state index contributed by atoms with van der Waals surface area (Å²) in [6, 6.07) is 13.5. The number of nitrogens with zero attached hydrogens (tertiary/aromatic N) is 2. The summed E-state index contributed by atoms with van der Waals surface area (Å²) in [7, 11) is 2.21. The molecule has 2 heterocycles. The van der Waals surface area contributed by atoms with Crippen molar-refractivity contribution in [2.75, 3.05) is 59.5 Å². The first kappa shape index (κ1) is 26.0. The van der Waals surface area contributed by atoms with Crippen LogP contribution in [0.3, 0.4) is 0 Å². The number of ether oxygens (including phenoxy) is 2. The molecule has 35 heavy (non-hydrogen) atoms. The van der Waals surface area contributed by atoms with Gasteiger partial charge in [0.2, 0.25) is 0 Å². The van der Waals surface area contributed by atoms with Crippen LogP contribution in [0, 0.1) is 13.8 Å². The van der Waals surface area contributed by atoms with Gasteiger partial charge in [0.05, 0.1) is 13.2 Å². The van der Waals surface area contributed by atoms with E-state index in [1.165, 1.54) is 74.1 Å². The molecule has 2 aliphatic heterocycles. The van der Waals surface area contributed by atoms with Crippen molar-refractivity contribution in [1.82, 2.24) is 15.1 Å². The standard InChI is InChI=1S/C30H45N3O2/c1-24-27(10-6-12-29(24)34-22-8-16-31-26-14-20-32(3)21-15-26)28-11-7-13-30(25(28)2)35-23-9-19-33-17-4-5-18-33/h6-7,10-13,26,31H,4-5,8-9,14-23H2,1-3H3. The highest BCUT2D eigenvalue weighted by molar-refractivity contribution is 5.74. The molecule has 0 aromatic heterocycles. The summed E-state index contributed by atoms with van der Waals surface area (Å²) in [5.41, 5.74) is 4.86. The maximum atomic E-state index is 6.22. The van der Waals surface area contributed by atoms with E-state index in [2.05, 4.69) is 72.4 Å². The van der Waals surface area contributed by atoms with E-state index in [0.717, 1.165) is 50.6 Å². The number of likely N-dealkylation sites (tertiary alicyclic amines) is 2. The smallest absolute Gasteiger partial charge is 0.122 e. The lowest BCUT2D eigenvalue weighted by molar-refractivity contribution is 0.230. The number of piperidine rings is 1. The van der Waals surface area contributed by atoms with E-state index < -0.39 is 0 Å². The molecule has 2 fully saturated rings. The summed E-state index contributed by atoms with van der Waals surface area (Å²) < 4.78 is 12.4. The summed E-state index contributed by atoms with van der Waals surface area (Å²) in [5.74, 6) is 1.98. The van der Waals surface area contributed by atoms with Crippen LogP contribution in [0.5, 0.6) is 11.5 Å². The Morgan fingerprint density at radius 1 is 0.800 bits per heavy atom. The molecule has 2 aliphatic rings. The van der Waals surface area contributed by atoms with Crippen LogP contribution < -0.4 is 14.8 Å². The minimum atomic E-state index is 0.661. The minimum absolute atomic E-state index is 0.661. The quantitative estimate of drug-likeness (QED) is 0.419. The third-order valence-corrected chi connectivity index (χ3v) is 7.66. The van der Waals surface area contributed by atoms with Crippen molar-refractivity contribution in [2.45, 2.75) is 58.4 Å². The highest BCUT2D eigenvalue weighted by atomic mass is 16.5. The summed E-state index contributed by atoms with van der Waals surface area (Å²) >= 11 is 0. The Kier molecular flexibility index (Phi) is 9.87. The van der Waals surface area contributed by atoms with Gasteiger partial charge in [0, 0.05) is 12.6 Å². The number of rotatable bonds is 12. The van der Waals surface area contributed by atoms with E-state index in [1.54, 1.807) is 0 Å². The Morgan fingerprint density at radius 3 is 1.97 bits per heavy atom. The lowest BCUT2D eigenvalue weighted by Crippen LogP contribution is -2.41. The average Bonchev–Trinajstić information content (AvgIpc) is 3.38. The lowest BCUT2D eigenvalue weighted by atomic mass is 9.95. The predicted octanol–water partition coefficient (Wildman–Crippen LogP) is 5.29. The van der Waals surface area contributed by atoms with Crippen LogP contribution in [0.15, 0.2) is 36.4 Å². The zero-order valence-corrected chi connectivity index (χ0v) is 22.2. The maximum absolute atomic E-state index is 6.22. The third kappa shape index (κ3) is 7.45. The Labute approximate surface area is 212 Å². The molecular weight excluding hydrogens is 434 g/mol. The second-order valence-corrected chi connectivity index (χ2v) is 10.3. The molecule has 2 saturated heterocycles. The highest BCUT2D eigenvalue weighted by Gasteiger charge is 2.16. The summed E-state index contributed by atoms with van der Waals surface area (Å²) in [4.78, 5) is 4.96. The van der Waals surface area contributed by atoms with E-state index in [4.69, 9.17) is 9.47 Å². The summed E-state index contributed by atoms with van der Waals surface area (Å²) in [5, 5.41) is 3.71. The van der Waals surface area contributed by atoms with Gasteiger partial charge < -0.3 is 24.6 Å². The topological polar surface area (TPSA) is 37.0 Å².